The van der Waals surface area contributed by atoms with Crippen molar-refractivity contribution in [1.82, 2.24) is 29.2 Å². The van der Waals surface area contributed by atoms with Crippen LogP contribution in [-0.4, -0.2) is 67.7 Å². The van der Waals surface area contributed by atoms with E-state index in [1.54, 1.807) is 6.33 Å². The van der Waals surface area contributed by atoms with Gasteiger partial charge in [-0.2, -0.15) is 5.10 Å². The second-order valence-electron chi connectivity index (χ2n) is 9.67. The Morgan fingerprint density at radius 1 is 1.25 bits per heavy atom. The summed E-state index contributed by atoms with van der Waals surface area (Å²) in [5.41, 5.74) is 3.25. The molecule has 1 saturated heterocycles. The first kappa shape index (κ1) is 20.9. The molecular formula is C24H31N7O. The van der Waals surface area contributed by atoms with E-state index in [9.17, 15) is 0 Å². The zero-order valence-corrected chi connectivity index (χ0v) is 19.3. The lowest BCUT2D eigenvalue weighted by molar-refractivity contribution is 0.0409. The van der Waals surface area contributed by atoms with E-state index < -0.39 is 0 Å². The summed E-state index contributed by atoms with van der Waals surface area (Å²) in [5, 5.41) is 4.36. The normalized spacial score (nSPS) is 16.8. The van der Waals surface area contributed by atoms with Crippen molar-refractivity contribution in [2.24, 2.45) is 4.99 Å². The molecule has 0 radical (unpaired) electrons. The van der Waals surface area contributed by atoms with Crippen molar-refractivity contribution in [3.05, 3.63) is 36.3 Å². The molecule has 4 heterocycles. The molecule has 0 bridgehead atoms. The van der Waals surface area contributed by atoms with Crippen LogP contribution in [0.5, 0.6) is 5.75 Å². The summed E-state index contributed by atoms with van der Waals surface area (Å²) in [4.78, 5) is 16.0. The van der Waals surface area contributed by atoms with Crippen LogP contribution in [0, 0.1) is 0 Å². The lowest BCUT2D eigenvalue weighted by atomic mass is 9.86. The summed E-state index contributed by atoms with van der Waals surface area (Å²) < 4.78 is 10.2. The largest absolute Gasteiger partial charge is 0.491 e. The van der Waals surface area contributed by atoms with E-state index in [0.29, 0.717) is 12.5 Å². The molecule has 1 aromatic carbocycles. The quantitative estimate of drug-likeness (QED) is 0.555. The Balaban J connectivity index is 1.42. The topological polar surface area (TPSA) is 73.4 Å². The van der Waals surface area contributed by atoms with Crippen molar-refractivity contribution in [3.8, 4) is 28.7 Å². The van der Waals surface area contributed by atoms with Gasteiger partial charge in [-0.05, 0) is 52.1 Å². The molecule has 1 fully saturated rings. The molecule has 0 spiro atoms. The number of hydrogen-bond acceptors (Lipinski definition) is 6. The van der Waals surface area contributed by atoms with Crippen LogP contribution < -0.4 is 4.74 Å². The average Bonchev–Trinajstić information content (AvgIpc) is 3.31. The van der Waals surface area contributed by atoms with Gasteiger partial charge in [0.2, 0.25) is 0 Å². The first-order chi connectivity index (χ1) is 15.4. The Hall–Kier alpha value is -3.00. The number of aliphatic imine (C=N–C) groups is 1. The number of rotatable bonds is 6. The molecular weight excluding hydrogens is 402 g/mol. The third-order valence-electron chi connectivity index (χ3n) is 6.61. The fourth-order valence-corrected chi connectivity index (χ4v) is 4.63. The minimum absolute atomic E-state index is 0.0537. The number of likely N-dealkylation sites (tertiary alicyclic amines) is 1. The Kier molecular flexibility index (Phi) is 5.12. The van der Waals surface area contributed by atoms with Crippen LogP contribution in [0.2, 0.25) is 0 Å². The van der Waals surface area contributed by atoms with Crippen LogP contribution in [-0.2, 0) is 6.54 Å². The fourth-order valence-electron chi connectivity index (χ4n) is 4.63. The van der Waals surface area contributed by atoms with Gasteiger partial charge in [-0.3, -0.25) is 9.89 Å². The fraction of sp³-hybridized carbons (Fsp3) is 0.500. The van der Waals surface area contributed by atoms with Gasteiger partial charge in [-0.1, -0.05) is 6.07 Å². The zero-order chi connectivity index (χ0) is 22.5. The van der Waals surface area contributed by atoms with Crippen LogP contribution in [0.25, 0.3) is 22.9 Å². The van der Waals surface area contributed by atoms with Gasteiger partial charge in [0.1, 0.15) is 30.2 Å². The van der Waals surface area contributed by atoms with Crippen LogP contribution >= 0.6 is 0 Å². The standard InChI is InChI=1S/C24H31N7O/c1-16(2)31-23(26-15-27-31)20-13-29-8-9-32-21-10-17(6-7-19(21)22(29)28-20)18-11-30(12-18)24(3,4)14-25-5/h6-7,10,13,15-16,18H,5,8-9,11-12,14H2,1-4H3. The third-order valence-corrected chi connectivity index (χ3v) is 6.61. The van der Waals surface area contributed by atoms with E-state index in [1.807, 2.05) is 4.68 Å². The van der Waals surface area contributed by atoms with Gasteiger partial charge in [0.25, 0.3) is 0 Å². The van der Waals surface area contributed by atoms with Crippen molar-refractivity contribution in [2.75, 3.05) is 26.2 Å². The lowest BCUT2D eigenvalue weighted by Crippen LogP contribution is -2.57. The highest BCUT2D eigenvalue weighted by atomic mass is 16.5. The molecule has 2 aliphatic heterocycles. The van der Waals surface area contributed by atoms with Crippen molar-refractivity contribution < 1.29 is 4.74 Å². The molecule has 3 aromatic rings. The number of nitrogens with zero attached hydrogens (tertiary/aromatic N) is 7. The molecule has 0 unspecified atom stereocenters. The predicted octanol–water partition coefficient (Wildman–Crippen LogP) is 3.66. The molecule has 0 aliphatic carbocycles. The molecule has 2 aliphatic rings. The maximum atomic E-state index is 6.14. The molecule has 0 saturated carbocycles. The van der Waals surface area contributed by atoms with E-state index in [0.717, 1.165) is 54.8 Å². The zero-order valence-electron chi connectivity index (χ0n) is 19.3. The van der Waals surface area contributed by atoms with Crippen LogP contribution in [0.3, 0.4) is 0 Å². The van der Waals surface area contributed by atoms with E-state index in [2.05, 4.69) is 83.4 Å². The predicted molar refractivity (Wildman–Crippen MR) is 125 cm³/mol. The summed E-state index contributed by atoms with van der Waals surface area (Å²) in [6, 6.07) is 6.81. The van der Waals surface area contributed by atoms with Crippen LogP contribution in [0.1, 0.15) is 45.2 Å². The third kappa shape index (κ3) is 3.52. The van der Waals surface area contributed by atoms with Gasteiger partial charge in [0.15, 0.2) is 5.82 Å². The SMILES string of the molecule is C=NCC(C)(C)N1CC(c2ccc3c(c2)OCCn2cc(-c4ncnn4C(C)C)nc2-3)C1. The number of hydrogen-bond donors (Lipinski definition) is 0. The van der Waals surface area contributed by atoms with Crippen molar-refractivity contribution in [2.45, 2.75) is 51.7 Å². The number of ether oxygens (including phenoxy) is 1. The summed E-state index contributed by atoms with van der Waals surface area (Å²) in [5.74, 6) is 3.14. The van der Waals surface area contributed by atoms with E-state index in [-0.39, 0.29) is 11.6 Å². The Morgan fingerprint density at radius 3 is 2.81 bits per heavy atom. The molecule has 0 amide bonds. The highest BCUT2D eigenvalue weighted by Gasteiger charge is 2.38. The first-order valence-electron chi connectivity index (χ1n) is 11.3. The molecule has 8 heteroatoms. The minimum atomic E-state index is 0.0537. The van der Waals surface area contributed by atoms with Gasteiger partial charge in [-0.25, -0.2) is 14.6 Å². The highest BCUT2D eigenvalue weighted by Crippen LogP contribution is 2.39. The van der Waals surface area contributed by atoms with E-state index >= 15 is 0 Å². The molecule has 2 aromatic heterocycles. The van der Waals surface area contributed by atoms with Gasteiger partial charge < -0.3 is 9.30 Å². The smallest absolute Gasteiger partial charge is 0.178 e. The number of aromatic nitrogens is 5. The molecule has 32 heavy (non-hydrogen) atoms. The van der Waals surface area contributed by atoms with Gasteiger partial charge >= 0.3 is 0 Å². The maximum Gasteiger partial charge on any atom is 0.178 e. The Bertz CT molecular complexity index is 1140. The van der Waals surface area contributed by atoms with Gasteiger partial charge in [0, 0.05) is 36.8 Å². The van der Waals surface area contributed by atoms with Crippen molar-refractivity contribution in [3.63, 3.8) is 0 Å². The number of benzene rings is 1. The monoisotopic (exact) mass is 433 g/mol. The summed E-state index contributed by atoms with van der Waals surface area (Å²) >= 11 is 0. The molecule has 0 atom stereocenters. The van der Waals surface area contributed by atoms with Crippen LogP contribution in [0.4, 0.5) is 0 Å². The average molecular weight is 434 g/mol. The van der Waals surface area contributed by atoms with E-state index in [4.69, 9.17) is 9.72 Å². The molecule has 168 valence electrons. The first-order valence-corrected chi connectivity index (χ1v) is 11.3. The summed E-state index contributed by atoms with van der Waals surface area (Å²) in [7, 11) is 0. The maximum absolute atomic E-state index is 6.14. The van der Waals surface area contributed by atoms with Crippen molar-refractivity contribution >= 4 is 6.72 Å². The Labute approximate surface area is 189 Å². The number of imidazole rings is 1. The molecule has 5 rings (SSSR count). The highest BCUT2D eigenvalue weighted by molar-refractivity contribution is 5.69. The Morgan fingerprint density at radius 2 is 2.06 bits per heavy atom. The summed E-state index contributed by atoms with van der Waals surface area (Å²) in [6.45, 7) is 16.5. The van der Waals surface area contributed by atoms with Crippen molar-refractivity contribution in [1.29, 1.82) is 0 Å². The minimum Gasteiger partial charge on any atom is -0.491 e. The second kappa shape index (κ2) is 7.85. The second-order valence-corrected chi connectivity index (χ2v) is 9.67. The van der Waals surface area contributed by atoms with Gasteiger partial charge in [0.05, 0.1) is 18.7 Å². The molecule has 0 N–H and O–H groups in total. The summed E-state index contributed by atoms with van der Waals surface area (Å²) in [6.07, 6.45) is 3.65. The van der Waals surface area contributed by atoms with E-state index in [1.165, 1.54) is 5.56 Å². The lowest BCUT2D eigenvalue weighted by Gasteiger charge is -2.49. The van der Waals surface area contributed by atoms with Crippen LogP contribution in [0.15, 0.2) is 35.7 Å². The number of fused-ring (bicyclic) bond motifs is 3. The van der Waals surface area contributed by atoms with Gasteiger partial charge in [-0.15, -0.1) is 0 Å². The molecule has 8 nitrogen and oxygen atoms in total.